The van der Waals surface area contributed by atoms with Crippen molar-refractivity contribution in [3.8, 4) is 5.75 Å². The van der Waals surface area contributed by atoms with Gasteiger partial charge in [0, 0.05) is 43.6 Å². The number of fused-ring (bicyclic) bond motifs is 1. The van der Waals surface area contributed by atoms with Crippen LogP contribution < -0.4 is 10.1 Å². The normalized spacial score (nSPS) is 20.4. The topological polar surface area (TPSA) is 50.8 Å². The Labute approximate surface area is 157 Å². The van der Waals surface area contributed by atoms with Gasteiger partial charge in [0.15, 0.2) is 0 Å². The van der Waals surface area contributed by atoms with E-state index in [2.05, 4.69) is 37.4 Å². The van der Waals surface area contributed by atoms with Gasteiger partial charge in [-0.05, 0) is 52.7 Å². The maximum Gasteiger partial charge on any atom is 0.410 e. The number of hydrogen-bond acceptors (Lipinski definition) is 4. The molecule has 1 fully saturated rings. The molecule has 1 N–H and O–H groups in total. The minimum atomic E-state index is -0.450. The zero-order chi connectivity index (χ0) is 18.9. The van der Waals surface area contributed by atoms with E-state index < -0.39 is 5.60 Å². The van der Waals surface area contributed by atoms with Crippen molar-refractivity contribution in [3.63, 3.8) is 0 Å². The number of nitrogens with zero attached hydrogens (tertiary/aromatic N) is 1. The number of hydrogen-bond donors (Lipinski definition) is 1. The first kappa shape index (κ1) is 19.0. The van der Waals surface area contributed by atoms with Crippen molar-refractivity contribution < 1.29 is 14.3 Å². The minimum Gasteiger partial charge on any atom is -0.490 e. The number of rotatable bonds is 2. The highest BCUT2D eigenvalue weighted by Crippen LogP contribution is 2.32. The molecule has 0 unspecified atom stereocenters. The van der Waals surface area contributed by atoms with Gasteiger partial charge >= 0.3 is 6.09 Å². The number of benzene rings is 1. The molecule has 1 saturated heterocycles. The molecular weight excluding hydrogens is 328 g/mol. The van der Waals surface area contributed by atoms with Crippen LogP contribution in [0.4, 0.5) is 4.79 Å². The van der Waals surface area contributed by atoms with E-state index in [0.29, 0.717) is 13.1 Å². The first-order valence-electron chi connectivity index (χ1n) is 9.63. The van der Waals surface area contributed by atoms with Crippen LogP contribution in [0, 0.1) is 0 Å². The molecule has 5 heteroatoms. The molecule has 0 atom stereocenters. The molecule has 1 aromatic carbocycles. The second-order valence-corrected chi connectivity index (χ2v) is 9.09. The summed E-state index contributed by atoms with van der Waals surface area (Å²) in [7, 11) is 0. The van der Waals surface area contributed by atoms with Crippen molar-refractivity contribution in [2.24, 2.45) is 0 Å². The van der Waals surface area contributed by atoms with E-state index in [1.165, 1.54) is 11.1 Å². The van der Waals surface area contributed by atoms with Crippen LogP contribution in [0.2, 0.25) is 0 Å². The number of ether oxygens (including phenoxy) is 2. The van der Waals surface area contributed by atoms with E-state index in [0.717, 1.165) is 31.6 Å². The number of amides is 1. The maximum absolute atomic E-state index is 12.2. The zero-order valence-corrected chi connectivity index (χ0v) is 16.7. The largest absolute Gasteiger partial charge is 0.490 e. The zero-order valence-electron chi connectivity index (χ0n) is 16.7. The Morgan fingerprint density at radius 2 is 1.92 bits per heavy atom. The van der Waals surface area contributed by atoms with Crippen LogP contribution in [0.5, 0.6) is 5.75 Å². The molecule has 3 rings (SSSR count). The summed E-state index contributed by atoms with van der Waals surface area (Å²) in [5.41, 5.74) is 2.29. The van der Waals surface area contributed by atoms with Crippen molar-refractivity contribution in [3.05, 3.63) is 29.3 Å². The Kier molecular flexibility index (Phi) is 5.20. The highest BCUT2D eigenvalue weighted by Gasteiger charge is 2.30. The van der Waals surface area contributed by atoms with Crippen LogP contribution in [0.1, 0.15) is 58.6 Å². The number of piperidine rings is 1. The van der Waals surface area contributed by atoms with E-state index in [9.17, 15) is 4.79 Å². The third-order valence-corrected chi connectivity index (χ3v) is 4.99. The number of carbonyl (C=O) groups excluding carboxylic acids is 1. The van der Waals surface area contributed by atoms with Crippen LogP contribution in [0.25, 0.3) is 0 Å². The van der Waals surface area contributed by atoms with Crippen molar-refractivity contribution >= 4 is 6.09 Å². The van der Waals surface area contributed by atoms with Crippen molar-refractivity contribution in [1.29, 1.82) is 0 Å². The smallest absolute Gasteiger partial charge is 0.410 e. The highest BCUT2D eigenvalue weighted by atomic mass is 16.6. The van der Waals surface area contributed by atoms with Gasteiger partial charge in [-0.15, -0.1) is 0 Å². The third-order valence-electron chi connectivity index (χ3n) is 4.99. The first-order chi connectivity index (χ1) is 12.1. The Morgan fingerprint density at radius 1 is 1.23 bits per heavy atom. The molecule has 1 aromatic rings. The number of nitrogens with one attached hydrogen (secondary N) is 1. The van der Waals surface area contributed by atoms with Crippen LogP contribution in [-0.2, 0) is 17.7 Å². The van der Waals surface area contributed by atoms with Gasteiger partial charge in [0.2, 0.25) is 0 Å². The van der Waals surface area contributed by atoms with Crippen molar-refractivity contribution in [2.75, 3.05) is 13.1 Å². The molecule has 2 heterocycles. The lowest BCUT2D eigenvalue weighted by atomic mass is 9.87. The second kappa shape index (κ2) is 7.10. The van der Waals surface area contributed by atoms with E-state index in [-0.39, 0.29) is 17.7 Å². The van der Waals surface area contributed by atoms with Crippen molar-refractivity contribution in [1.82, 2.24) is 10.2 Å². The van der Waals surface area contributed by atoms with Crippen LogP contribution in [0.3, 0.4) is 0 Å². The Hall–Kier alpha value is -1.75. The quantitative estimate of drug-likeness (QED) is 0.869. The van der Waals surface area contributed by atoms with Crippen LogP contribution in [0.15, 0.2) is 18.2 Å². The fraction of sp³-hybridized carbons (Fsp3) is 0.667. The highest BCUT2D eigenvalue weighted by molar-refractivity contribution is 5.68. The summed E-state index contributed by atoms with van der Waals surface area (Å²) in [6, 6.07) is 6.33. The predicted molar refractivity (Wildman–Crippen MR) is 103 cm³/mol. The summed E-state index contributed by atoms with van der Waals surface area (Å²) >= 11 is 0. The van der Waals surface area contributed by atoms with Gasteiger partial charge in [0.25, 0.3) is 0 Å². The lowest BCUT2D eigenvalue weighted by molar-refractivity contribution is 0.0125. The van der Waals surface area contributed by atoms with Gasteiger partial charge in [-0.3, -0.25) is 0 Å². The first-order valence-corrected chi connectivity index (χ1v) is 9.63. The fourth-order valence-electron chi connectivity index (χ4n) is 3.59. The molecule has 0 bridgehead atoms. The minimum absolute atomic E-state index is 0.0898. The number of carbonyl (C=O) groups is 1. The van der Waals surface area contributed by atoms with Crippen LogP contribution in [-0.4, -0.2) is 41.3 Å². The monoisotopic (exact) mass is 360 g/mol. The molecule has 0 aliphatic carbocycles. The molecule has 0 aromatic heterocycles. The van der Waals surface area contributed by atoms with E-state index in [1.54, 1.807) is 4.90 Å². The molecule has 0 radical (unpaired) electrons. The molecule has 2 aliphatic heterocycles. The molecular formula is C21H32N2O3. The summed E-state index contributed by atoms with van der Waals surface area (Å²) in [6.45, 7) is 12.4. The van der Waals surface area contributed by atoms with Gasteiger partial charge in [-0.1, -0.05) is 12.1 Å². The summed E-state index contributed by atoms with van der Waals surface area (Å²) in [5.74, 6) is 1.01. The SMILES string of the molecule is CC1(C)Cc2c(cccc2OC2CCN(C(=O)OC(C)(C)C)CC2)CN1. The maximum atomic E-state index is 12.2. The van der Waals surface area contributed by atoms with E-state index in [1.807, 2.05) is 20.8 Å². The Bertz CT molecular complexity index is 656. The van der Waals surface area contributed by atoms with Gasteiger partial charge in [-0.2, -0.15) is 0 Å². The van der Waals surface area contributed by atoms with Gasteiger partial charge in [0.1, 0.15) is 17.5 Å². The Balaban J connectivity index is 1.60. The second-order valence-electron chi connectivity index (χ2n) is 9.09. The summed E-state index contributed by atoms with van der Waals surface area (Å²) in [5, 5.41) is 3.57. The van der Waals surface area contributed by atoms with Crippen molar-refractivity contribution in [2.45, 2.75) is 77.7 Å². The molecule has 5 nitrogen and oxygen atoms in total. The average molecular weight is 360 g/mol. The third kappa shape index (κ3) is 4.70. The standard InChI is InChI=1S/C21H32N2O3/c1-20(2,3)26-19(24)23-11-9-16(10-12-23)25-18-8-6-7-15-14-22-21(4,5)13-17(15)18/h6-8,16,22H,9-14H2,1-5H3. The number of likely N-dealkylation sites (tertiary alicyclic amines) is 1. The van der Waals surface area contributed by atoms with E-state index >= 15 is 0 Å². The van der Waals surface area contributed by atoms with E-state index in [4.69, 9.17) is 9.47 Å². The van der Waals surface area contributed by atoms with Gasteiger partial charge < -0.3 is 19.7 Å². The molecule has 0 saturated carbocycles. The summed E-state index contributed by atoms with van der Waals surface area (Å²) in [4.78, 5) is 14.0. The molecule has 1 amide bonds. The Morgan fingerprint density at radius 3 is 2.58 bits per heavy atom. The summed E-state index contributed by atoms with van der Waals surface area (Å²) < 4.78 is 11.8. The lowest BCUT2D eigenvalue weighted by Crippen LogP contribution is -2.45. The lowest BCUT2D eigenvalue weighted by Gasteiger charge is -2.36. The van der Waals surface area contributed by atoms with Crippen LogP contribution >= 0.6 is 0 Å². The van der Waals surface area contributed by atoms with Gasteiger partial charge in [-0.25, -0.2) is 4.79 Å². The molecule has 2 aliphatic rings. The van der Waals surface area contributed by atoms with Gasteiger partial charge in [0.05, 0.1) is 0 Å². The average Bonchev–Trinajstić information content (AvgIpc) is 2.54. The fourth-order valence-corrected chi connectivity index (χ4v) is 3.59. The predicted octanol–water partition coefficient (Wildman–Crippen LogP) is 3.89. The molecule has 0 spiro atoms. The summed E-state index contributed by atoms with van der Waals surface area (Å²) in [6.07, 6.45) is 2.57. The molecule has 144 valence electrons. The molecule has 26 heavy (non-hydrogen) atoms.